The van der Waals surface area contributed by atoms with Gasteiger partial charge in [0.1, 0.15) is 11.6 Å². The summed E-state index contributed by atoms with van der Waals surface area (Å²) in [5, 5.41) is 19.8. The van der Waals surface area contributed by atoms with Gasteiger partial charge in [0.05, 0.1) is 6.54 Å². The molecule has 0 atom stereocenters. The molecule has 1 aromatic heterocycles. The number of aliphatic carboxylic acids is 1. The Morgan fingerprint density at radius 1 is 1.56 bits per heavy atom. The SMILES string of the molecule is C#CCN(CC(=O)O)C(=O)Nc1nnc(CC)s1. The van der Waals surface area contributed by atoms with Crippen molar-refractivity contribution in [1.82, 2.24) is 15.1 Å². The summed E-state index contributed by atoms with van der Waals surface area (Å²) in [6.07, 6.45) is 5.79. The summed E-state index contributed by atoms with van der Waals surface area (Å²) >= 11 is 1.24. The monoisotopic (exact) mass is 268 g/mol. The summed E-state index contributed by atoms with van der Waals surface area (Å²) in [4.78, 5) is 23.3. The van der Waals surface area contributed by atoms with Crippen LogP contribution in [0.3, 0.4) is 0 Å². The normalized spacial score (nSPS) is 9.56. The van der Waals surface area contributed by atoms with Gasteiger partial charge >= 0.3 is 12.0 Å². The molecule has 0 aliphatic heterocycles. The van der Waals surface area contributed by atoms with Crippen LogP contribution in [0.5, 0.6) is 0 Å². The maximum atomic E-state index is 11.7. The Morgan fingerprint density at radius 3 is 2.78 bits per heavy atom. The van der Waals surface area contributed by atoms with Crippen molar-refractivity contribution < 1.29 is 14.7 Å². The molecule has 0 unspecified atom stereocenters. The predicted molar refractivity (Wildman–Crippen MR) is 66.3 cm³/mol. The van der Waals surface area contributed by atoms with Crippen molar-refractivity contribution in [2.45, 2.75) is 13.3 Å². The topological polar surface area (TPSA) is 95.4 Å². The minimum absolute atomic E-state index is 0.0857. The first-order chi connectivity index (χ1) is 8.56. The van der Waals surface area contributed by atoms with E-state index in [1.165, 1.54) is 11.3 Å². The largest absolute Gasteiger partial charge is 0.480 e. The van der Waals surface area contributed by atoms with Crippen molar-refractivity contribution in [3.63, 3.8) is 0 Å². The van der Waals surface area contributed by atoms with Crippen LogP contribution in [0.25, 0.3) is 0 Å². The minimum atomic E-state index is -1.13. The number of carbonyl (C=O) groups is 2. The zero-order valence-electron chi connectivity index (χ0n) is 9.71. The number of nitrogens with zero attached hydrogens (tertiary/aromatic N) is 3. The molecule has 0 aromatic carbocycles. The van der Waals surface area contributed by atoms with E-state index in [1.54, 1.807) is 0 Å². The quantitative estimate of drug-likeness (QED) is 0.764. The molecule has 0 aliphatic rings. The van der Waals surface area contributed by atoms with Gasteiger partial charge in [0, 0.05) is 0 Å². The van der Waals surface area contributed by atoms with Gasteiger partial charge in [0.15, 0.2) is 0 Å². The first-order valence-corrected chi connectivity index (χ1v) is 5.92. The second-order valence-corrected chi connectivity index (χ2v) is 4.30. The van der Waals surface area contributed by atoms with Crippen LogP contribution in [0.15, 0.2) is 0 Å². The lowest BCUT2D eigenvalue weighted by Crippen LogP contribution is -2.39. The maximum Gasteiger partial charge on any atom is 0.325 e. The fourth-order valence-electron chi connectivity index (χ4n) is 1.09. The third kappa shape index (κ3) is 4.03. The van der Waals surface area contributed by atoms with E-state index < -0.39 is 18.5 Å². The molecule has 0 saturated heterocycles. The molecule has 7 nitrogen and oxygen atoms in total. The Labute approximate surface area is 108 Å². The van der Waals surface area contributed by atoms with Crippen molar-refractivity contribution in [3.8, 4) is 12.3 Å². The van der Waals surface area contributed by atoms with Gasteiger partial charge in [-0.2, -0.15) is 0 Å². The number of carbonyl (C=O) groups excluding carboxylic acids is 1. The molecule has 0 aliphatic carbocycles. The standard InChI is InChI=1S/C10H12N4O3S/c1-3-5-14(6-8(15)16)10(17)11-9-13-12-7(4-2)18-9/h1H,4-6H2,2H3,(H,15,16)(H,11,13,17). The molecule has 2 N–H and O–H groups in total. The van der Waals surface area contributed by atoms with E-state index >= 15 is 0 Å². The summed E-state index contributed by atoms with van der Waals surface area (Å²) in [6.45, 7) is 1.37. The Balaban J connectivity index is 2.66. The number of nitrogens with one attached hydrogen (secondary N) is 1. The summed E-state index contributed by atoms with van der Waals surface area (Å²) in [7, 11) is 0. The van der Waals surface area contributed by atoms with Gasteiger partial charge in [-0.3, -0.25) is 10.1 Å². The molecule has 0 bridgehead atoms. The van der Waals surface area contributed by atoms with Gasteiger partial charge in [-0.1, -0.05) is 24.2 Å². The highest BCUT2D eigenvalue weighted by molar-refractivity contribution is 7.15. The second-order valence-electron chi connectivity index (χ2n) is 3.24. The Morgan fingerprint density at radius 2 is 2.28 bits per heavy atom. The van der Waals surface area contributed by atoms with E-state index in [4.69, 9.17) is 11.5 Å². The number of hydrogen-bond donors (Lipinski definition) is 2. The van der Waals surface area contributed by atoms with Gasteiger partial charge in [0.25, 0.3) is 0 Å². The molecule has 1 heterocycles. The molecule has 2 amide bonds. The van der Waals surface area contributed by atoms with E-state index in [9.17, 15) is 9.59 Å². The molecule has 0 spiro atoms. The van der Waals surface area contributed by atoms with Crippen molar-refractivity contribution in [3.05, 3.63) is 5.01 Å². The highest BCUT2D eigenvalue weighted by atomic mass is 32.1. The van der Waals surface area contributed by atoms with E-state index in [-0.39, 0.29) is 6.54 Å². The second kappa shape index (κ2) is 6.56. The number of urea groups is 1. The van der Waals surface area contributed by atoms with Gasteiger partial charge in [-0.05, 0) is 6.42 Å². The molecule has 1 rings (SSSR count). The van der Waals surface area contributed by atoms with E-state index in [0.29, 0.717) is 5.13 Å². The summed E-state index contributed by atoms with van der Waals surface area (Å²) in [5.41, 5.74) is 0. The number of rotatable bonds is 5. The van der Waals surface area contributed by atoms with E-state index in [0.717, 1.165) is 16.3 Å². The zero-order valence-corrected chi connectivity index (χ0v) is 10.5. The smallest absolute Gasteiger partial charge is 0.325 e. The van der Waals surface area contributed by atoms with Crippen LogP contribution >= 0.6 is 11.3 Å². The molecule has 96 valence electrons. The molecule has 8 heteroatoms. The average molecular weight is 268 g/mol. The van der Waals surface area contributed by atoms with Crippen LogP contribution in [0, 0.1) is 12.3 Å². The van der Waals surface area contributed by atoms with Crippen LogP contribution in [0.1, 0.15) is 11.9 Å². The number of amides is 2. The maximum absolute atomic E-state index is 11.7. The fourth-order valence-corrected chi connectivity index (χ4v) is 1.76. The van der Waals surface area contributed by atoms with Crippen molar-refractivity contribution in [1.29, 1.82) is 0 Å². The van der Waals surface area contributed by atoms with Gasteiger partial charge in [0.2, 0.25) is 5.13 Å². The van der Waals surface area contributed by atoms with Gasteiger partial charge in [-0.25, -0.2) is 4.79 Å². The fraction of sp³-hybridized carbons (Fsp3) is 0.400. The average Bonchev–Trinajstić information content (AvgIpc) is 2.75. The molecule has 0 radical (unpaired) electrons. The lowest BCUT2D eigenvalue weighted by atomic mass is 10.5. The summed E-state index contributed by atoms with van der Waals surface area (Å²) < 4.78 is 0. The third-order valence-corrected chi connectivity index (χ3v) is 2.86. The Bertz CT molecular complexity index is 480. The van der Waals surface area contributed by atoms with Gasteiger partial charge in [-0.15, -0.1) is 16.6 Å². The summed E-state index contributed by atoms with van der Waals surface area (Å²) in [6, 6.07) is -0.603. The molecular weight excluding hydrogens is 256 g/mol. The van der Waals surface area contributed by atoms with Crippen molar-refractivity contribution in [2.75, 3.05) is 18.4 Å². The molecule has 0 fully saturated rings. The predicted octanol–water partition coefficient (Wildman–Crippen LogP) is 0.652. The zero-order chi connectivity index (χ0) is 13.5. The number of carboxylic acid groups (broad SMARTS) is 1. The first kappa shape index (κ1) is 13.9. The highest BCUT2D eigenvalue weighted by Crippen LogP contribution is 2.15. The summed E-state index contributed by atoms with van der Waals surface area (Å²) in [5.74, 6) is 1.09. The van der Waals surface area contributed by atoms with Crippen molar-refractivity contribution >= 4 is 28.5 Å². The number of hydrogen-bond acceptors (Lipinski definition) is 5. The van der Waals surface area contributed by atoms with E-state index in [2.05, 4.69) is 21.4 Å². The first-order valence-electron chi connectivity index (χ1n) is 5.10. The minimum Gasteiger partial charge on any atom is -0.480 e. The molecule has 1 aromatic rings. The number of terminal acetylenes is 1. The number of aryl methyl sites for hydroxylation is 1. The number of carboxylic acids is 1. The van der Waals surface area contributed by atoms with Crippen LogP contribution in [0.2, 0.25) is 0 Å². The van der Waals surface area contributed by atoms with Crippen LogP contribution in [-0.2, 0) is 11.2 Å². The lowest BCUT2D eigenvalue weighted by Gasteiger charge is -2.17. The molecule has 0 saturated carbocycles. The van der Waals surface area contributed by atoms with E-state index in [1.807, 2.05) is 6.92 Å². The lowest BCUT2D eigenvalue weighted by molar-refractivity contribution is -0.137. The van der Waals surface area contributed by atoms with Crippen LogP contribution < -0.4 is 5.32 Å². The number of aromatic nitrogens is 2. The van der Waals surface area contributed by atoms with Gasteiger partial charge < -0.3 is 10.0 Å². The van der Waals surface area contributed by atoms with Crippen molar-refractivity contribution in [2.24, 2.45) is 0 Å². The Hall–Kier alpha value is -2.14. The number of anilines is 1. The third-order valence-electron chi connectivity index (χ3n) is 1.88. The van der Waals surface area contributed by atoms with Crippen LogP contribution in [-0.4, -0.2) is 45.3 Å². The molecule has 18 heavy (non-hydrogen) atoms. The highest BCUT2D eigenvalue weighted by Gasteiger charge is 2.17. The van der Waals surface area contributed by atoms with Crippen LogP contribution in [0.4, 0.5) is 9.93 Å². The Kier molecular flexibility index (Phi) is 5.07. The molecular formula is C10H12N4O3S.